The van der Waals surface area contributed by atoms with Crippen molar-refractivity contribution in [2.24, 2.45) is 4.99 Å². The monoisotopic (exact) mass is 337 g/mol. The largest absolute Gasteiger partial charge is 0.273 e. The van der Waals surface area contributed by atoms with Crippen LogP contribution in [0.3, 0.4) is 0 Å². The van der Waals surface area contributed by atoms with Crippen molar-refractivity contribution in [1.82, 2.24) is 0 Å². The first-order valence-electron chi connectivity index (χ1n) is 5.26. The molecule has 17 heavy (non-hydrogen) atoms. The molecule has 0 unspecified atom stereocenters. The number of nitrogens with zero attached hydrogens (tertiary/aromatic N) is 1. The molecule has 0 heterocycles. The highest BCUT2D eigenvalue weighted by atomic mass is 127. The van der Waals surface area contributed by atoms with Crippen molar-refractivity contribution in [3.63, 3.8) is 0 Å². The van der Waals surface area contributed by atoms with E-state index < -0.39 is 0 Å². The van der Waals surface area contributed by atoms with E-state index >= 15 is 0 Å². The van der Waals surface area contributed by atoms with E-state index in [0.717, 1.165) is 5.71 Å². The molecule has 0 saturated heterocycles. The van der Waals surface area contributed by atoms with Crippen molar-refractivity contribution in [3.05, 3.63) is 58.2 Å². The molecule has 1 aliphatic carbocycles. The molecule has 1 amide bonds. The average molecular weight is 337 g/mol. The van der Waals surface area contributed by atoms with Crippen LogP contribution in [0.25, 0.3) is 0 Å². The van der Waals surface area contributed by atoms with Crippen LogP contribution in [0.2, 0.25) is 0 Å². The third-order valence-corrected chi connectivity index (χ3v) is 4.75. The zero-order valence-corrected chi connectivity index (χ0v) is 11.6. The van der Waals surface area contributed by atoms with E-state index in [9.17, 15) is 4.79 Å². The molecule has 0 N–H and O–H groups in total. The Morgan fingerprint density at radius 2 is 1.71 bits per heavy atom. The minimum atomic E-state index is -0.157. The Morgan fingerprint density at radius 3 is 2.29 bits per heavy atom. The molecule has 1 aromatic rings. The summed E-state index contributed by atoms with van der Waals surface area (Å²) < 4.78 is 2.72. The summed E-state index contributed by atoms with van der Waals surface area (Å²) >= 11 is -0.132. The second-order valence-corrected chi connectivity index (χ2v) is 6.53. The first kappa shape index (κ1) is 12.1. The van der Waals surface area contributed by atoms with Crippen molar-refractivity contribution < 1.29 is 4.79 Å². The smallest absolute Gasteiger partial charge is 0.243 e. The molecule has 1 aliphatic rings. The fraction of sp³-hybridized carbons (Fsp3) is 0.0714. The predicted molar refractivity (Wildman–Crippen MR) is 80.6 cm³/mol. The third-order valence-electron chi connectivity index (χ3n) is 2.06. The Morgan fingerprint density at radius 1 is 1.06 bits per heavy atom. The summed E-state index contributed by atoms with van der Waals surface area (Å²) in [5, 5.41) is 0. The molecule has 0 atom stereocenters. The van der Waals surface area contributed by atoms with Gasteiger partial charge in [-0.15, -0.1) is 0 Å². The van der Waals surface area contributed by atoms with Crippen LogP contribution in [-0.4, -0.2) is 15.1 Å². The molecule has 2 nitrogen and oxygen atoms in total. The van der Waals surface area contributed by atoms with Gasteiger partial charge in [0, 0.05) is 14.0 Å². The third kappa shape index (κ3) is 3.85. The molecule has 0 fully saturated rings. The summed E-state index contributed by atoms with van der Waals surface area (Å²) in [6.07, 6.45) is 7.92. The first-order chi connectivity index (χ1) is 8.24. The van der Waals surface area contributed by atoms with Gasteiger partial charge in [0.2, 0.25) is 5.91 Å². The quantitative estimate of drug-likeness (QED) is 0.724. The second kappa shape index (κ2) is 5.82. The maximum absolute atomic E-state index is 10.8. The summed E-state index contributed by atoms with van der Waals surface area (Å²) in [6, 6.07) is 10.5. The lowest BCUT2D eigenvalue weighted by molar-refractivity contribution is -0.115. The maximum atomic E-state index is 10.8. The van der Waals surface area contributed by atoms with Crippen LogP contribution in [0.15, 0.2) is 59.6 Å². The molecule has 3 heteroatoms. The van der Waals surface area contributed by atoms with E-state index in [0.29, 0.717) is 0 Å². The van der Waals surface area contributed by atoms with Gasteiger partial charge in [0.15, 0.2) is 0 Å². The topological polar surface area (TPSA) is 29.4 Å². The summed E-state index contributed by atoms with van der Waals surface area (Å²) in [5.41, 5.74) is 0.735. The Kier molecular flexibility index (Phi) is 4.14. The normalized spacial score (nSPS) is 13.9. The molecule has 0 saturated carbocycles. The van der Waals surface area contributed by atoms with E-state index in [2.05, 4.69) is 41.4 Å². The number of hydrogen-bond acceptors (Lipinski definition) is 1. The molecule has 0 aromatic heterocycles. The first-order valence-corrected chi connectivity index (χ1v) is 7.42. The van der Waals surface area contributed by atoms with Gasteiger partial charge in [-0.3, -0.25) is 4.79 Å². The highest BCUT2D eigenvalue weighted by molar-refractivity contribution is 14.2. The predicted octanol–water partition coefficient (Wildman–Crippen LogP) is 3.11. The molecular weight excluding hydrogens is 325 g/mol. The van der Waals surface area contributed by atoms with E-state index in [1.807, 2.05) is 18.2 Å². The van der Waals surface area contributed by atoms with Crippen molar-refractivity contribution in [2.45, 2.75) is 6.92 Å². The number of carbonyl (C=O) groups is 1. The average Bonchev–Trinajstić information content (AvgIpc) is 2.32. The number of carbonyl (C=O) groups excluding carboxylic acids is 1. The lowest BCUT2D eigenvalue weighted by atomic mass is 10.2. The van der Waals surface area contributed by atoms with Crippen LogP contribution >= 0.6 is 20.7 Å². The molecule has 0 spiro atoms. The standard InChI is InChI=1S/C14H12INO/c1-11(17)16-14-9-7-13(8-10-14)15-12-5-3-2-4-6-12/h2-10H,1H3. The van der Waals surface area contributed by atoms with E-state index in [-0.39, 0.29) is 26.6 Å². The minimum absolute atomic E-state index is 0.132. The van der Waals surface area contributed by atoms with Crippen LogP contribution in [0, 0.1) is 3.57 Å². The lowest BCUT2D eigenvalue weighted by Gasteiger charge is -2.01. The summed E-state index contributed by atoms with van der Waals surface area (Å²) in [6.45, 7) is 1.46. The SMILES string of the molecule is CC(=O)N=C1C=CC(=Ic2ccccc2)C=C1. The van der Waals surface area contributed by atoms with Crippen LogP contribution < -0.4 is 0 Å². The van der Waals surface area contributed by atoms with Gasteiger partial charge in [0.25, 0.3) is 0 Å². The highest BCUT2D eigenvalue weighted by Crippen LogP contribution is 2.15. The molecule has 0 bridgehead atoms. The van der Waals surface area contributed by atoms with Gasteiger partial charge >= 0.3 is 0 Å². The van der Waals surface area contributed by atoms with Crippen molar-refractivity contribution >= 4 is 35.9 Å². The molecule has 86 valence electrons. The molecule has 0 aliphatic heterocycles. The van der Waals surface area contributed by atoms with Gasteiger partial charge in [-0.25, -0.2) is 4.99 Å². The Hall–Kier alpha value is -1.36. The van der Waals surface area contributed by atoms with E-state index in [1.165, 1.54) is 14.0 Å². The molecular formula is C14H12INO. The summed E-state index contributed by atoms with van der Waals surface area (Å²) in [7, 11) is 0. The molecule has 2 rings (SSSR count). The van der Waals surface area contributed by atoms with Gasteiger partial charge < -0.3 is 0 Å². The lowest BCUT2D eigenvalue weighted by Crippen LogP contribution is -2.00. The van der Waals surface area contributed by atoms with Gasteiger partial charge in [0.1, 0.15) is 0 Å². The number of benzene rings is 1. The van der Waals surface area contributed by atoms with Gasteiger partial charge in [-0.1, -0.05) is 38.9 Å². The Labute approximate surface area is 111 Å². The van der Waals surface area contributed by atoms with E-state index in [4.69, 9.17) is 0 Å². The maximum Gasteiger partial charge on any atom is 0.243 e. The van der Waals surface area contributed by atoms with Crippen LogP contribution in [0.4, 0.5) is 0 Å². The number of amides is 1. The van der Waals surface area contributed by atoms with Crippen molar-refractivity contribution in [1.29, 1.82) is 0 Å². The van der Waals surface area contributed by atoms with Gasteiger partial charge in [-0.05, 0) is 36.4 Å². The van der Waals surface area contributed by atoms with Crippen LogP contribution in [-0.2, 0) is 4.79 Å². The summed E-state index contributed by atoms with van der Waals surface area (Å²) in [5.74, 6) is -0.157. The fourth-order valence-electron chi connectivity index (χ4n) is 1.36. The number of aliphatic imine (C=N–C) groups is 1. The number of hydrogen-bond donors (Lipinski definition) is 0. The Balaban J connectivity index is 2.17. The number of rotatable bonds is 1. The number of halogens is 1. The summed E-state index contributed by atoms with van der Waals surface area (Å²) in [4.78, 5) is 14.7. The molecule has 0 radical (unpaired) electrons. The van der Waals surface area contributed by atoms with Crippen molar-refractivity contribution in [2.75, 3.05) is 0 Å². The highest BCUT2D eigenvalue weighted by Gasteiger charge is 1.99. The Bertz CT molecular complexity index is 521. The fourth-order valence-corrected chi connectivity index (χ4v) is 3.58. The number of allylic oxidation sites excluding steroid dienone is 4. The molecule has 1 aromatic carbocycles. The minimum Gasteiger partial charge on any atom is -0.273 e. The van der Waals surface area contributed by atoms with Gasteiger partial charge in [0.05, 0.1) is 5.71 Å². The second-order valence-electron chi connectivity index (χ2n) is 3.50. The zero-order chi connectivity index (χ0) is 12.1. The van der Waals surface area contributed by atoms with Crippen LogP contribution in [0.1, 0.15) is 6.92 Å². The van der Waals surface area contributed by atoms with Crippen molar-refractivity contribution in [3.8, 4) is 0 Å². The zero-order valence-electron chi connectivity index (χ0n) is 9.43. The van der Waals surface area contributed by atoms with Gasteiger partial charge in [-0.2, -0.15) is 0 Å². The van der Waals surface area contributed by atoms with Crippen LogP contribution in [0.5, 0.6) is 0 Å². The van der Waals surface area contributed by atoms with E-state index in [1.54, 1.807) is 0 Å².